The van der Waals surface area contributed by atoms with E-state index < -0.39 is 21.8 Å². The molecule has 162 valence electrons. The zero-order valence-corrected chi connectivity index (χ0v) is 17.8. The van der Waals surface area contributed by atoms with Gasteiger partial charge in [0.25, 0.3) is 5.91 Å². The topological polar surface area (TPSA) is 114 Å². The van der Waals surface area contributed by atoms with Crippen molar-refractivity contribution in [1.82, 2.24) is 15.6 Å². The Morgan fingerprint density at radius 1 is 1.00 bits per heavy atom. The van der Waals surface area contributed by atoms with Crippen molar-refractivity contribution in [2.45, 2.75) is 18.2 Å². The number of sulfone groups is 1. The SMILES string of the molecule is CCOC(=O)NCS(=O)(=O)c1ccc(CCNC(=O)c2cccc3cccnc23)cc1. The van der Waals surface area contributed by atoms with Crippen LogP contribution < -0.4 is 10.6 Å². The molecule has 0 spiro atoms. The number of alkyl carbamates (subject to hydrolysis) is 1. The molecule has 2 N–H and O–H groups in total. The van der Waals surface area contributed by atoms with Gasteiger partial charge in [-0.15, -0.1) is 0 Å². The van der Waals surface area contributed by atoms with Gasteiger partial charge < -0.3 is 15.4 Å². The van der Waals surface area contributed by atoms with Gasteiger partial charge in [-0.3, -0.25) is 9.78 Å². The number of amides is 2. The number of para-hydroxylation sites is 1. The van der Waals surface area contributed by atoms with E-state index in [1.165, 1.54) is 12.1 Å². The molecule has 31 heavy (non-hydrogen) atoms. The lowest BCUT2D eigenvalue weighted by Gasteiger charge is -2.09. The number of nitrogens with one attached hydrogen (secondary N) is 2. The first-order chi connectivity index (χ1) is 14.9. The van der Waals surface area contributed by atoms with Crippen molar-refractivity contribution >= 4 is 32.7 Å². The van der Waals surface area contributed by atoms with Gasteiger partial charge in [0.1, 0.15) is 5.88 Å². The molecule has 3 rings (SSSR count). The van der Waals surface area contributed by atoms with Crippen LogP contribution in [0.25, 0.3) is 10.9 Å². The molecule has 0 saturated carbocycles. The molecule has 3 aromatic rings. The molecule has 8 nitrogen and oxygen atoms in total. The summed E-state index contributed by atoms with van der Waals surface area (Å²) < 4.78 is 29.2. The number of hydrogen-bond acceptors (Lipinski definition) is 6. The number of benzene rings is 2. The summed E-state index contributed by atoms with van der Waals surface area (Å²) in [4.78, 5) is 28.2. The fourth-order valence-corrected chi connectivity index (χ4v) is 4.01. The minimum absolute atomic E-state index is 0.0962. The Bertz CT molecular complexity index is 1170. The molecule has 2 aromatic carbocycles. The van der Waals surface area contributed by atoms with Crippen molar-refractivity contribution in [1.29, 1.82) is 0 Å². The first-order valence-electron chi connectivity index (χ1n) is 9.75. The standard InChI is InChI=1S/C22H23N3O5S/c1-2-30-22(27)25-15-31(28,29)18-10-8-16(9-11-18)12-14-24-21(26)19-7-3-5-17-6-4-13-23-20(17)19/h3-11,13H,2,12,14-15H2,1H3,(H,24,26)(H,25,27). The van der Waals surface area contributed by atoms with Crippen molar-refractivity contribution in [2.75, 3.05) is 19.0 Å². The summed E-state index contributed by atoms with van der Waals surface area (Å²) in [6, 6.07) is 15.5. The summed E-state index contributed by atoms with van der Waals surface area (Å²) in [6.45, 7) is 2.18. The monoisotopic (exact) mass is 441 g/mol. The van der Waals surface area contributed by atoms with Crippen molar-refractivity contribution in [3.05, 3.63) is 71.9 Å². The molecule has 0 aliphatic heterocycles. The fraction of sp³-hybridized carbons (Fsp3) is 0.227. The van der Waals surface area contributed by atoms with E-state index in [-0.39, 0.29) is 17.4 Å². The summed E-state index contributed by atoms with van der Waals surface area (Å²) >= 11 is 0. The number of pyridine rings is 1. The van der Waals surface area contributed by atoms with E-state index in [1.807, 2.05) is 24.3 Å². The van der Waals surface area contributed by atoms with Crippen molar-refractivity contribution in [3.63, 3.8) is 0 Å². The van der Waals surface area contributed by atoms with Crippen molar-refractivity contribution in [3.8, 4) is 0 Å². The van der Waals surface area contributed by atoms with Crippen LogP contribution in [0.5, 0.6) is 0 Å². The molecule has 9 heteroatoms. The first-order valence-corrected chi connectivity index (χ1v) is 11.4. The van der Waals surface area contributed by atoms with Gasteiger partial charge in [-0.25, -0.2) is 13.2 Å². The Morgan fingerprint density at radius 2 is 1.74 bits per heavy atom. The van der Waals surface area contributed by atoms with Crippen LogP contribution in [0.15, 0.2) is 65.7 Å². The summed E-state index contributed by atoms with van der Waals surface area (Å²) in [5.74, 6) is -0.756. The number of hydrogen-bond donors (Lipinski definition) is 2. The van der Waals surface area contributed by atoms with Gasteiger partial charge in [-0.05, 0) is 43.2 Å². The number of aromatic nitrogens is 1. The van der Waals surface area contributed by atoms with Gasteiger partial charge in [-0.1, -0.05) is 30.3 Å². The fourth-order valence-electron chi connectivity index (χ4n) is 2.99. The van der Waals surface area contributed by atoms with Crippen LogP contribution in [-0.4, -0.2) is 44.4 Å². The van der Waals surface area contributed by atoms with Gasteiger partial charge in [-0.2, -0.15) is 0 Å². The molecular weight excluding hydrogens is 418 g/mol. The van der Waals surface area contributed by atoms with E-state index in [1.54, 1.807) is 31.3 Å². The van der Waals surface area contributed by atoms with Crippen molar-refractivity contribution in [2.24, 2.45) is 0 Å². The predicted molar refractivity (Wildman–Crippen MR) is 116 cm³/mol. The third kappa shape index (κ3) is 5.79. The van der Waals surface area contributed by atoms with E-state index in [2.05, 4.69) is 20.4 Å². The highest BCUT2D eigenvalue weighted by Gasteiger charge is 2.16. The Hall–Kier alpha value is -3.46. The van der Waals surface area contributed by atoms with Crippen LogP contribution in [0.3, 0.4) is 0 Å². The summed E-state index contributed by atoms with van der Waals surface area (Å²) in [5, 5.41) is 5.97. The maximum absolute atomic E-state index is 12.5. The van der Waals surface area contributed by atoms with E-state index in [9.17, 15) is 18.0 Å². The van der Waals surface area contributed by atoms with Gasteiger partial charge >= 0.3 is 6.09 Å². The Kier molecular flexibility index (Phi) is 7.19. The number of rotatable bonds is 8. The zero-order valence-electron chi connectivity index (χ0n) is 17.0. The molecule has 0 aliphatic carbocycles. The molecular formula is C22H23N3O5S. The smallest absolute Gasteiger partial charge is 0.407 e. The second-order valence-corrected chi connectivity index (χ2v) is 8.68. The average molecular weight is 442 g/mol. The third-order valence-electron chi connectivity index (χ3n) is 4.54. The molecule has 2 amide bonds. The minimum Gasteiger partial charge on any atom is -0.450 e. The lowest BCUT2D eigenvalue weighted by atomic mass is 10.1. The third-order valence-corrected chi connectivity index (χ3v) is 6.06. The number of carbonyl (C=O) groups is 2. The number of fused-ring (bicyclic) bond motifs is 1. The van der Waals surface area contributed by atoms with Gasteiger partial charge in [0.15, 0.2) is 9.84 Å². The Morgan fingerprint density at radius 3 is 2.48 bits per heavy atom. The lowest BCUT2D eigenvalue weighted by Crippen LogP contribution is -2.30. The molecule has 0 aliphatic rings. The summed E-state index contributed by atoms with van der Waals surface area (Å²) in [7, 11) is -3.67. The largest absolute Gasteiger partial charge is 0.450 e. The van der Waals surface area contributed by atoms with Crippen molar-refractivity contribution < 1.29 is 22.7 Å². The van der Waals surface area contributed by atoms with Gasteiger partial charge in [0.2, 0.25) is 0 Å². The number of nitrogens with zero attached hydrogens (tertiary/aromatic N) is 1. The normalized spacial score (nSPS) is 11.1. The van der Waals surface area contributed by atoms with Crippen LogP contribution in [0.1, 0.15) is 22.8 Å². The number of carbonyl (C=O) groups excluding carboxylic acids is 2. The molecule has 0 radical (unpaired) electrons. The maximum atomic E-state index is 12.5. The molecule has 1 aromatic heterocycles. The van der Waals surface area contributed by atoms with E-state index in [0.29, 0.717) is 24.0 Å². The molecule has 0 bridgehead atoms. The summed E-state index contributed by atoms with van der Waals surface area (Å²) in [5.41, 5.74) is 2.02. The minimum atomic E-state index is -3.67. The van der Waals surface area contributed by atoms with Crippen LogP contribution in [0, 0.1) is 0 Å². The highest BCUT2D eigenvalue weighted by atomic mass is 32.2. The Balaban J connectivity index is 1.55. The van der Waals surface area contributed by atoms with Crippen LogP contribution in [-0.2, 0) is 21.0 Å². The van der Waals surface area contributed by atoms with E-state index >= 15 is 0 Å². The first kappa shape index (κ1) is 22.2. The molecule has 0 unspecified atom stereocenters. The van der Waals surface area contributed by atoms with Crippen LogP contribution in [0.2, 0.25) is 0 Å². The molecule has 0 saturated heterocycles. The second kappa shape index (κ2) is 10.0. The lowest BCUT2D eigenvalue weighted by molar-refractivity contribution is 0.0955. The maximum Gasteiger partial charge on any atom is 0.407 e. The molecule has 1 heterocycles. The highest BCUT2D eigenvalue weighted by molar-refractivity contribution is 7.91. The predicted octanol–water partition coefficient (Wildman–Crippen LogP) is 2.68. The molecule has 0 atom stereocenters. The van der Waals surface area contributed by atoms with Crippen LogP contribution >= 0.6 is 0 Å². The van der Waals surface area contributed by atoms with Gasteiger partial charge in [0.05, 0.1) is 22.6 Å². The Labute approximate surface area is 180 Å². The van der Waals surface area contributed by atoms with Gasteiger partial charge in [0, 0.05) is 18.1 Å². The second-order valence-electron chi connectivity index (χ2n) is 6.69. The quantitative estimate of drug-likeness (QED) is 0.555. The number of ether oxygens (including phenoxy) is 1. The highest BCUT2D eigenvalue weighted by Crippen LogP contribution is 2.16. The van der Waals surface area contributed by atoms with E-state index in [0.717, 1.165) is 10.9 Å². The van der Waals surface area contributed by atoms with E-state index in [4.69, 9.17) is 0 Å². The molecule has 0 fully saturated rings. The average Bonchev–Trinajstić information content (AvgIpc) is 2.78. The summed E-state index contributed by atoms with van der Waals surface area (Å²) in [6.07, 6.45) is 1.40. The van der Waals surface area contributed by atoms with Crippen LogP contribution in [0.4, 0.5) is 4.79 Å². The zero-order chi connectivity index (χ0) is 22.3.